The number of hydrogen-bond acceptors (Lipinski definition) is 6. The van der Waals surface area contributed by atoms with Gasteiger partial charge in [-0.25, -0.2) is 4.39 Å². The first-order valence-corrected chi connectivity index (χ1v) is 8.47. The van der Waals surface area contributed by atoms with E-state index in [-0.39, 0.29) is 29.9 Å². The largest absolute Gasteiger partial charge is 0.454 e. The van der Waals surface area contributed by atoms with Gasteiger partial charge in [-0.1, -0.05) is 6.07 Å². The monoisotopic (exact) mass is 376 g/mol. The Morgan fingerprint density at radius 2 is 1.93 bits per heavy atom. The lowest BCUT2D eigenvalue weighted by molar-refractivity contribution is 0.174. The summed E-state index contributed by atoms with van der Waals surface area (Å²) < 4.78 is 29.8. The number of halogens is 1. The maximum Gasteiger partial charge on any atom is 0.244 e. The molecule has 1 aromatic heterocycles. The molecule has 0 saturated heterocycles. The van der Waals surface area contributed by atoms with Gasteiger partial charge < -0.3 is 19.9 Å². The quantitative estimate of drug-likeness (QED) is 0.712. The molecule has 0 fully saturated rings. The van der Waals surface area contributed by atoms with Crippen LogP contribution < -0.4 is 19.9 Å². The molecule has 0 spiro atoms. The summed E-state index contributed by atoms with van der Waals surface area (Å²) in [7, 11) is 0. The number of fused-ring (bicyclic) bond motifs is 2. The third kappa shape index (κ3) is 2.37. The molecule has 138 valence electrons. The summed E-state index contributed by atoms with van der Waals surface area (Å²) >= 11 is 0. The van der Waals surface area contributed by atoms with Crippen molar-refractivity contribution in [3.8, 4) is 34.7 Å². The Balaban J connectivity index is 1.71. The third-order valence-electron chi connectivity index (χ3n) is 4.80. The molecule has 2 aliphatic heterocycles. The molecule has 1 atom stereocenters. The van der Waals surface area contributed by atoms with Gasteiger partial charge in [0.1, 0.15) is 17.5 Å². The van der Waals surface area contributed by atoms with E-state index in [0.717, 1.165) is 5.56 Å². The van der Waals surface area contributed by atoms with Crippen molar-refractivity contribution in [3.63, 3.8) is 0 Å². The highest BCUT2D eigenvalue weighted by atomic mass is 19.1. The third-order valence-corrected chi connectivity index (χ3v) is 4.80. The Bertz CT molecular complexity index is 1160. The second kappa shape index (κ2) is 6.03. The first-order valence-electron chi connectivity index (χ1n) is 8.47. The van der Waals surface area contributed by atoms with Crippen LogP contribution in [0.25, 0.3) is 11.3 Å². The predicted molar refractivity (Wildman–Crippen MR) is 95.8 cm³/mol. The number of aromatic amines is 1. The lowest BCUT2D eigenvalue weighted by atomic mass is 9.83. The topological polar surface area (TPSA) is 106 Å². The number of ether oxygens (including phenoxy) is 3. The Morgan fingerprint density at radius 1 is 1.14 bits per heavy atom. The average molecular weight is 376 g/mol. The number of nitrogens with two attached hydrogens (primary N) is 1. The van der Waals surface area contributed by atoms with E-state index in [4.69, 9.17) is 19.9 Å². The second-order valence-electron chi connectivity index (χ2n) is 6.36. The molecule has 28 heavy (non-hydrogen) atoms. The van der Waals surface area contributed by atoms with E-state index in [2.05, 4.69) is 16.3 Å². The normalized spacial score (nSPS) is 17.1. The van der Waals surface area contributed by atoms with Crippen LogP contribution in [0.5, 0.6) is 17.4 Å². The Kier molecular flexibility index (Phi) is 3.49. The Morgan fingerprint density at radius 3 is 2.71 bits per heavy atom. The maximum absolute atomic E-state index is 13.4. The van der Waals surface area contributed by atoms with Crippen molar-refractivity contribution in [3.05, 3.63) is 70.9 Å². The van der Waals surface area contributed by atoms with Gasteiger partial charge in [0.25, 0.3) is 0 Å². The Labute approximate surface area is 158 Å². The molecule has 3 aromatic rings. The summed E-state index contributed by atoms with van der Waals surface area (Å²) in [5, 5.41) is 16.9. The molecule has 2 aromatic carbocycles. The zero-order chi connectivity index (χ0) is 19.3. The van der Waals surface area contributed by atoms with Crippen LogP contribution in [0.4, 0.5) is 4.39 Å². The summed E-state index contributed by atoms with van der Waals surface area (Å²) in [6.45, 7) is 0.146. The molecular formula is C20H13FN4O3. The number of nitrogens with zero attached hydrogens (tertiary/aromatic N) is 2. The first kappa shape index (κ1) is 16.2. The highest BCUT2D eigenvalue weighted by molar-refractivity contribution is 5.71. The van der Waals surface area contributed by atoms with Crippen molar-refractivity contribution >= 4 is 0 Å². The van der Waals surface area contributed by atoms with E-state index < -0.39 is 5.92 Å². The molecule has 2 aliphatic rings. The molecule has 0 amide bonds. The summed E-state index contributed by atoms with van der Waals surface area (Å²) in [4.78, 5) is 0. The molecule has 8 heteroatoms. The van der Waals surface area contributed by atoms with Crippen molar-refractivity contribution in [1.29, 1.82) is 5.26 Å². The number of H-pyrrole nitrogens is 1. The number of rotatable bonds is 2. The molecule has 0 bridgehead atoms. The van der Waals surface area contributed by atoms with Gasteiger partial charge >= 0.3 is 0 Å². The van der Waals surface area contributed by atoms with Gasteiger partial charge in [0, 0.05) is 5.56 Å². The highest BCUT2D eigenvalue weighted by Gasteiger charge is 2.36. The van der Waals surface area contributed by atoms with Crippen LogP contribution in [0.15, 0.2) is 53.9 Å². The van der Waals surface area contributed by atoms with Gasteiger partial charge in [-0.2, -0.15) is 5.26 Å². The van der Waals surface area contributed by atoms with Crippen molar-refractivity contribution in [2.45, 2.75) is 5.92 Å². The molecule has 3 heterocycles. The number of nitrogens with one attached hydrogen (secondary N) is 1. The van der Waals surface area contributed by atoms with Gasteiger partial charge in [-0.15, -0.1) is 5.10 Å². The van der Waals surface area contributed by atoms with Crippen molar-refractivity contribution in [1.82, 2.24) is 10.2 Å². The minimum absolute atomic E-state index is 0.00479. The van der Waals surface area contributed by atoms with E-state index in [1.165, 1.54) is 12.1 Å². The SMILES string of the molecule is N#CC1=C(N)Oc2n[nH]c(-c3ccc(F)cc3)c2[C@@H]1c1ccc2c(c1)OCO2. The molecule has 3 N–H and O–H groups in total. The van der Waals surface area contributed by atoms with Gasteiger partial charge in [0.2, 0.25) is 18.6 Å². The van der Waals surface area contributed by atoms with Crippen molar-refractivity contribution in [2.24, 2.45) is 5.73 Å². The number of benzene rings is 2. The minimum Gasteiger partial charge on any atom is -0.454 e. The zero-order valence-corrected chi connectivity index (χ0v) is 14.4. The summed E-state index contributed by atoms with van der Waals surface area (Å²) in [6, 6.07) is 13.6. The highest BCUT2D eigenvalue weighted by Crippen LogP contribution is 2.47. The molecule has 5 rings (SSSR count). The minimum atomic E-state index is -0.526. The summed E-state index contributed by atoms with van der Waals surface area (Å²) in [5.41, 5.74) is 9.01. The molecule has 0 saturated carbocycles. The van der Waals surface area contributed by atoms with Gasteiger partial charge in [0.05, 0.1) is 17.2 Å². The van der Waals surface area contributed by atoms with Crippen molar-refractivity contribution < 1.29 is 18.6 Å². The van der Waals surface area contributed by atoms with Gasteiger partial charge in [-0.3, -0.25) is 5.10 Å². The number of allylic oxidation sites excluding steroid dienone is 1. The lowest BCUT2D eigenvalue weighted by Crippen LogP contribution is -2.21. The van der Waals surface area contributed by atoms with Crippen molar-refractivity contribution in [2.75, 3.05) is 6.79 Å². The molecule has 0 aliphatic carbocycles. The van der Waals surface area contributed by atoms with E-state index in [9.17, 15) is 9.65 Å². The van der Waals surface area contributed by atoms with Gasteiger partial charge in [-0.05, 0) is 42.0 Å². The number of hydrogen-bond donors (Lipinski definition) is 2. The lowest BCUT2D eigenvalue weighted by Gasteiger charge is -2.24. The Hall–Kier alpha value is -3.99. The molecule has 0 unspecified atom stereocenters. The predicted octanol–water partition coefficient (Wildman–Crippen LogP) is 3.16. The zero-order valence-electron chi connectivity index (χ0n) is 14.4. The number of nitriles is 1. The van der Waals surface area contributed by atoms with E-state index in [0.29, 0.717) is 28.3 Å². The molecular weight excluding hydrogens is 363 g/mol. The fraction of sp³-hybridized carbons (Fsp3) is 0.100. The number of aromatic nitrogens is 2. The summed E-state index contributed by atoms with van der Waals surface area (Å²) in [5.74, 6) is 0.628. The van der Waals surface area contributed by atoms with E-state index in [1.807, 2.05) is 12.1 Å². The van der Waals surface area contributed by atoms with Crippen LogP contribution in [0.3, 0.4) is 0 Å². The van der Waals surface area contributed by atoms with Crippen LogP contribution in [0.1, 0.15) is 17.0 Å². The van der Waals surface area contributed by atoms with Crippen LogP contribution >= 0.6 is 0 Å². The second-order valence-corrected chi connectivity index (χ2v) is 6.36. The molecule has 0 radical (unpaired) electrons. The van der Waals surface area contributed by atoms with Crippen LogP contribution in [0.2, 0.25) is 0 Å². The van der Waals surface area contributed by atoms with Crippen LogP contribution in [0, 0.1) is 17.1 Å². The van der Waals surface area contributed by atoms with E-state index >= 15 is 0 Å². The standard InChI is InChI=1S/C20H13FN4O3/c21-12-4-1-10(2-5-12)18-17-16(11-3-6-14-15(7-11)27-9-26-14)13(8-22)19(23)28-20(17)25-24-18/h1-7,16H,9,23H2,(H,24,25)/t16-/m1/s1. The molecule has 7 nitrogen and oxygen atoms in total. The average Bonchev–Trinajstić information content (AvgIpc) is 3.33. The van der Waals surface area contributed by atoms with E-state index in [1.54, 1.807) is 18.2 Å². The fourth-order valence-electron chi connectivity index (χ4n) is 3.51. The smallest absolute Gasteiger partial charge is 0.244 e. The first-order chi connectivity index (χ1) is 13.7. The summed E-state index contributed by atoms with van der Waals surface area (Å²) in [6.07, 6.45) is 0. The fourth-order valence-corrected chi connectivity index (χ4v) is 3.51. The maximum atomic E-state index is 13.4. The van der Waals surface area contributed by atoms with Crippen LogP contribution in [-0.2, 0) is 0 Å². The van der Waals surface area contributed by atoms with Gasteiger partial charge in [0.15, 0.2) is 11.5 Å². The van der Waals surface area contributed by atoms with Crippen LogP contribution in [-0.4, -0.2) is 17.0 Å².